The molecule has 0 atom stereocenters. The van der Waals surface area contributed by atoms with Crippen LogP contribution in [0, 0.1) is 17.0 Å². The van der Waals surface area contributed by atoms with Crippen LogP contribution in [0.2, 0.25) is 0 Å². The van der Waals surface area contributed by atoms with Crippen molar-refractivity contribution in [3.8, 4) is 0 Å². The minimum absolute atomic E-state index is 0.0724. The fraction of sp³-hybridized carbons (Fsp3) is 0.0714. The zero-order chi connectivity index (χ0) is 13.0. The van der Waals surface area contributed by atoms with E-state index in [1.54, 1.807) is 18.3 Å². The molecule has 0 spiro atoms. The predicted molar refractivity (Wildman–Crippen MR) is 71.5 cm³/mol. The molecule has 2 rings (SSSR count). The van der Waals surface area contributed by atoms with Crippen molar-refractivity contribution < 1.29 is 4.92 Å². The Morgan fingerprint density at radius 3 is 2.67 bits per heavy atom. The van der Waals surface area contributed by atoms with E-state index in [-0.39, 0.29) is 5.69 Å². The van der Waals surface area contributed by atoms with Gasteiger partial charge in [0, 0.05) is 18.3 Å². The van der Waals surface area contributed by atoms with Gasteiger partial charge in [-0.15, -0.1) is 0 Å². The minimum Gasteiger partial charge on any atom is -0.258 e. The molecule has 0 amide bonds. The molecule has 0 heterocycles. The summed E-state index contributed by atoms with van der Waals surface area (Å²) < 4.78 is 0. The van der Waals surface area contributed by atoms with Crippen LogP contribution in [0.1, 0.15) is 11.1 Å². The second-order valence-electron chi connectivity index (χ2n) is 3.95. The topological polar surface area (TPSA) is 55.5 Å². The molecular formula is C14H12N2O2. The third-order valence-corrected chi connectivity index (χ3v) is 2.45. The summed E-state index contributed by atoms with van der Waals surface area (Å²) in [4.78, 5) is 14.5. The van der Waals surface area contributed by atoms with Crippen molar-refractivity contribution in [1.82, 2.24) is 0 Å². The molecular weight excluding hydrogens is 228 g/mol. The number of aliphatic imine (C=N–C) groups is 1. The number of aryl methyl sites for hydroxylation is 1. The molecule has 0 aliphatic carbocycles. The zero-order valence-corrected chi connectivity index (χ0v) is 9.91. The summed E-state index contributed by atoms with van der Waals surface area (Å²) in [6.07, 6.45) is 1.63. The third-order valence-electron chi connectivity index (χ3n) is 2.45. The third kappa shape index (κ3) is 3.01. The van der Waals surface area contributed by atoms with Crippen molar-refractivity contribution in [2.75, 3.05) is 0 Å². The number of non-ortho nitro benzene ring substituents is 1. The maximum atomic E-state index is 10.6. The van der Waals surface area contributed by atoms with Gasteiger partial charge in [0.2, 0.25) is 0 Å². The highest BCUT2D eigenvalue weighted by Crippen LogP contribution is 2.15. The first-order valence-electron chi connectivity index (χ1n) is 5.50. The number of nitrogens with zero attached hydrogens (tertiary/aromatic N) is 2. The number of nitro benzene ring substituents is 1. The molecule has 2 aromatic carbocycles. The van der Waals surface area contributed by atoms with E-state index in [1.807, 2.05) is 31.2 Å². The van der Waals surface area contributed by atoms with Crippen LogP contribution < -0.4 is 0 Å². The molecule has 0 fully saturated rings. The van der Waals surface area contributed by atoms with Crippen molar-refractivity contribution in [3.63, 3.8) is 0 Å². The van der Waals surface area contributed by atoms with Crippen molar-refractivity contribution in [1.29, 1.82) is 0 Å². The van der Waals surface area contributed by atoms with Crippen LogP contribution in [0.3, 0.4) is 0 Å². The first kappa shape index (κ1) is 12.0. The van der Waals surface area contributed by atoms with E-state index in [2.05, 4.69) is 4.99 Å². The Morgan fingerprint density at radius 1 is 1.17 bits per heavy atom. The molecule has 0 aromatic heterocycles. The Bertz CT molecular complexity index is 606. The van der Waals surface area contributed by atoms with E-state index in [9.17, 15) is 10.1 Å². The summed E-state index contributed by atoms with van der Waals surface area (Å²) in [5, 5.41) is 10.6. The Balaban J connectivity index is 2.23. The molecule has 0 N–H and O–H groups in total. The van der Waals surface area contributed by atoms with Crippen LogP contribution in [0.15, 0.2) is 53.5 Å². The lowest BCUT2D eigenvalue weighted by Crippen LogP contribution is -1.89. The molecule has 0 bridgehead atoms. The normalized spacial score (nSPS) is 10.7. The van der Waals surface area contributed by atoms with Gasteiger partial charge in [0.25, 0.3) is 5.69 Å². The summed E-state index contributed by atoms with van der Waals surface area (Å²) in [7, 11) is 0. The predicted octanol–water partition coefficient (Wildman–Crippen LogP) is 3.65. The van der Waals surface area contributed by atoms with Crippen molar-refractivity contribution in [2.45, 2.75) is 6.92 Å². The first-order valence-corrected chi connectivity index (χ1v) is 5.50. The van der Waals surface area contributed by atoms with Crippen molar-refractivity contribution >= 4 is 17.6 Å². The molecule has 4 nitrogen and oxygen atoms in total. The largest absolute Gasteiger partial charge is 0.270 e. The molecule has 18 heavy (non-hydrogen) atoms. The van der Waals surface area contributed by atoms with Gasteiger partial charge in [0.15, 0.2) is 0 Å². The lowest BCUT2D eigenvalue weighted by atomic mass is 10.2. The molecule has 0 saturated heterocycles. The molecule has 0 unspecified atom stereocenters. The standard InChI is InChI=1S/C14H12N2O2/c1-11-4-2-6-13(8-11)15-10-12-5-3-7-14(9-12)16(17)18/h2-10H,1H3. The summed E-state index contributed by atoms with van der Waals surface area (Å²) in [6, 6.07) is 14.2. The molecule has 2 aromatic rings. The van der Waals surface area contributed by atoms with E-state index in [4.69, 9.17) is 0 Å². The van der Waals surface area contributed by atoms with Gasteiger partial charge in [-0.25, -0.2) is 0 Å². The van der Waals surface area contributed by atoms with E-state index < -0.39 is 4.92 Å². The van der Waals surface area contributed by atoms with Crippen LogP contribution in [-0.4, -0.2) is 11.1 Å². The molecule has 0 radical (unpaired) electrons. The van der Waals surface area contributed by atoms with Gasteiger partial charge in [-0.05, 0) is 30.2 Å². The minimum atomic E-state index is -0.413. The quantitative estimate of drug-likeness (QED) is 0.467. The van der Waals surface area contributed by atoms with Gasteiger partial charge >= 0.3 is 0 Å². The Labute approximate surface area is 105 Å². The molecule has 90 valence electrons. The smallest absolute Gasteiger partial charge is 0.258 e. The first-order chi connectivity index (χ1) is 8.65. The molecule has 4 heteroatoms. The lowest BCUT2D eigenvalue weighted by Gasteiger charge is -1.96. The Morgan fingerprint density at radius 2 is 1.94 bits per heavy atom. The average molecular weight is 240 g/mol. The molecule has 0 aliphatic heterocycles. The Hall–Kier alpha value is -2.49. The number of nitro groups is 1. The average Bonchev–Trinajstić information content (AvgIpc) is 2.37. The molecule has 0 saturated carbocycles. The van der Waals surface area contributed by atoms with Crippen LogP contribution in [-0.2, 0) is 0 Å². The second kappa shape index (κ2) is 5.23. The second-order valence-corrected chi connectivity index (χ2v) is 3.95. The lowest BCUT2D eigenvalue weighted by molar-refractivity contribution is -0.384. The summed E-state index contributed by atoms with van der Waals surface area (Å²) in [5.74, 6) is 0. The van der Waals surface area contributed by atoms with Gasteiger partial charge in [0.05, 0.1) is 10.6 Å². The van der Waals surface area contributed by atoms with Crippen LogP contribution in [0.25, 0.3) is 0 Å². The van der Waals surface area contributed by atoms with E-state index in [0.717, 1.165) is 11.3 Å². The van der Waals surface area contributed by atoms with E-state index in [1.165, 1.54) is 12.1 Å². The number of hydrogen-bond donors (Lipinski definition) is 0. The van der Waals surface area contributed by atoms with Gasteiger partial charge in [-0.2, -0.15) is 0 Å². The highest BCUT2D eigenvalue weighted by molar-refractivity contribution is 5.82. The fourth-order valence-electron chi connectivity index (χ4n) is 1.58. The number of benzene rings is 2. The number of rotatable bonds is 3. The highest BCUT2D eigenvalue weighted by Gasteiger charge is 2.03. The van der Waals surface area contributed by atoms with Crippen molar-refractivity contribution in [3.05, 3.63) is 69.8 Å². The monoisotopic (exact) mass is 240 g/mol. The maximum absolute atomic E-state index is 10.6. The zero-order valence-electron chi connectivity index (χ0n) is 9.91. The van der Waals surface area contributed by atoms with Gasteiger partial charge < -0.3 is 0 Å². The summed E-state index contributed by atoms with van der Waals surface area (Å²) in [5.41, 5.74) is 2.75. The van der Waals surface area contributed by atoms with Crippen LogP contribution in [0.5, 0.6) is 0 Å². The van der Waals surface area contributed by atoms with E-state index >= 15 is 0 Å². The number of hydrogen-bond acceptors (Lipinski definition) is 3. The van der Waals surface area contributed by atoms with E-state index in [0.29, 0.717) is 5.56 Å². The van der Waals surface area contributed by atoms with Gasteiger partial charge in [0.1, 0.15) is 0 Å². The Kier molecular flexibility index (Phi) is 3.48. The summed E-state index contributed by atoms with van der Waals surface area (Å²) >= 11 is 0. The maximum Gasteiger partial charge on any atom is 0.270 e. The van der Waals surface area contributed by atoms with Gasteiger partial charge in [-0.1, -0.05) is 24.3 Å². The van der Waals surface area contributed by atoms with Crippen LogP contribution >= 0.6 is 0 Å². The van der Waals surface area contributed by atoms with Crippen molar-refractivity contribution in [2.24, 2.45) is 4.99 Å². The highest BCUT2D eigenvalue weighted by atomic mass is 16.6. The van der Waals surface area contributed by atoms with Gasteiger partial charge in [-0.3, -0.25) is 15.1 Å². The fourth-order valence-corrected chi connectivity index (χ4v) is 1.58. The summed E-state index contributed by atoms with van der Waals surface area (Å²) in [6.45, 7) is 1.99. The SMILES string of the molecule is Cc1cccc(N=Cc2cccc([N+](=O)[O-])c2)c1. The van der Waals surface area contributed by atoms with Crippen LogP contribution in [0.4, 0.5) is 11.4 Å². The molecule has 0 aliphatic rings.